The minimum atomic E-state index is -2.20. The lowest BCUT2D eigenvalue weighted by Gasteiger charge is -2.50. The van der Waals surface area contributed by atoms with Gasteiger partial charge < -0.3 is 53.6 Å². The van der Waals surface area contributed by atoms with Gasteiger partial charge in [0.1, 0.15) is 23.9 Å². The number of amidine groups is 1. The van der Waals surface area contributed by atoms with E-state index in [9.17, 15) is 24.4 Å². The number of methoxy groups -OCH3 is 1. The number of hydrogen-bond acceptors (Lipinski definition) is 14. The molecule has 0 amide bonds. The number of ether oxygens (including phenoxy) is 5. The highest BCUT2D eigenvalue weighted by Gasteiger charge is 2.63. The fourth-order valence-electron chi connectivity index (χ4n) is 9.72. The van der Waals surface area contributed by atoms with Crippen molar-refractivity contribution in [2.75, 3.05) is 21.2 Å². The van der Waals surface area contributed by atoms with Crippen LogP contribution in [0, 0.1) is 35.5 Å². The molecule has 0 radical (unpaired) electrons. The summed E-state index contributed by atoms with van der Waals surface area (Å²) in [5, 5.41) is 16.1. The molecule has 3 rings (SSSR count). The van der Waals surface area contributed by atoms with Crippen molar-refractivity contribution in [1.82, 2.24) is 4.90 Å². The van der Waals surface area contributed by atoms with E-state index in [1.165, 1.54) is 0 Å². The highest BCUT2D eigenvalue weighted by Crippen LogP contribution is 2.48. The summed E-state index contributed by atoms with van der Waals surface area (Å²) in [6.07, 6.45) is -3.63. The average molecular weight is 862 g/mol. The third kappa shape index (κ3) is 10.6. The Labute approximate surface area is 350 Å². The molecule has 58 heavy (non-hydrogen) atoms. The molecule has 3 heterocycles. The number of rotatable bonds is 14. The number of cyclic esters (lactones) is 1. The Morgan fingerprint density at radius 2 is 1.64 bits per heavy atom. The Morgan fingerprint density at radius 1 is 1.03 bits per heavy atom. The van der Waals surface area contributed by atoms with Crippen LogP contribution in [-0.4, -0.2) is 128 Å². The van der Waals surface area contributed by atoms with E-state index in [2.05, 4.69) is 30.8 Å². The first-order valence-corrected chi connectivity index (χ1v) is 24.8. The molecule has 3 aliphatic heterocycles. The summed E-state index contributed by atoms with van der Waals surface area (Å²) in [6.45, 7) is 22.4. The first kappa shape index (κ1) is 50.6. The van der Waals surface area contributed by atoms with Crippen LogP contribution in [0.15, 0.2) is 5.16 Å². The highest BCUT2D eigenvalue weighted by molar-refractivity contribution is 7.31. The number of likely N-dealkylation sites (N-methyl/N-ethyl adjacent to an activating group) is 1. The Morgan fingerprint density at radius 3 is 2.16 bits per heavy atom. The van der Waals surface area contributed by atoms with Crippen molar-refractivity contribution in [3.05, 3.63) is 0 Å². The number of ketones is 1. The second kappa shape index (κ2) is 20.9. The van der Waals surface area contributed by atoms with Crippen molar-refractivity contribution in [2.24, 2.45) is 46.4 Å². The summed E-state index contributed by atoms with van der Waals surface area (Å²) in [7, 11) is 2.82. The summed E-state index contributed by atoms with van der Waals surface area (Å²) in [5.74, 6) is -8.05. The second-order valence-corrected chi connectivity index (χ2v) is 23.5. The van der Waals surface area contributed by atoms with Crippen LogP contribution < -0.4 is 5.73 Å². The van der Waals surface area contributed by atoms with Gasteiger partial charge in [0, 0.05) is 36.8 Å². The van der Waals surface area contributed by atoms with E-state index in [0.717, 1.165) is 24.6 Å². The molecule has 3 saturated heterocycles. The molecule has 3 unspecified atom stereocenters. The van der Waals surface area contributed by atoms with Gasteiger partial charge in [0.05, 0.1) is 38.6 Å². The minimum Gasteiger partial charge on any atom is -0.458 e. The van der Waals surface area contributed by atoms with Gasteiger partial charge in [-0.05, 0) is 86.1 Å². The lowest BCUT2D eigenvalue weighted by atomic mass is 9.67. The Hall–Kier alpha value is -1.75. The first-order chi connectivity index (χ1) is 27.0. The van der Waals surface area contributed by atoms with Crippen molar-refractivity contribution in [1.29, 1.82) is 0 Å². The van der Waals surface area contributed by atoms with Gasteiger partial charge in [-0.2, -0.15) is 0 Å². The van der Waals surface area contributed by atoms with Gasteiger partial charge in [0.15, 0.2) is 31.9 Å². The van der Waals surface area contributed by atoms with Gasteiger partial charge >= 0.3 is 11.9 Å². The van der Waals surface area contributed by atoms with Gasteiger partial charge in [-0.15, -0.1) is 0 Å². The molecule has 0 aliphatic carbocycles. The van der Waals surface area contributed by atoms with Gasteiger partial charge in [0.2, 0.25) is 0 Å². The average Bonchev–Trinajstić information content (AvgIpc) is 3.48. The van der Waals surface area contributed by atoms with Crippen LogP contribution >= 0.6 is 8.81 Å². The van der Waals surface area contributed by atoms with E-state index in [1.807, 2.05) is 41.8 Å². The molecule has 0 bridgehead atoms. The lowest BCUT2D eigenvalue weighted by Crippen LogP contribution is -2.62. The summed E-state index contributed by atoms with van der Waals surface area (Å²) in [6, 6.07) is 2.74. The number of nitrogens with two attached hydrogens (primary N) is 1. The fraction of sp³-hybridized carbons (Fsp3) is 0.902. The minimum absolute atomic E-state index is 0.0358. The standard InChI is InChI=1S/C41H76N3O12PSi/c1-16-29-41(12)31(30(38(48)54-41)36(42)43-55-27(10)57-49)24(7)32(45)22(5)21-40(11,50-15)35(25(8)33(46)26(9)37(47)52-29)53-39-34(56-58(17-2,18-3)19-4)28(44(13)14)20-23(6)51-39/h22-31,33-35,39,46,49,57H,16-21H2,1-15H3,(H2,42,43)/t22-,23-,24-,25+,26-,27?,28+,29+,30-,31+,33-,34-,35-,39?,40-,41+/m1/s1. The quantitative estimate of drug-likeness (QED) is 0.0515. The fourth-order valence-corrected chi connectivity index (χ4v) is 12.7. The lowest BCUT2D eigenvalue weighted by molar-refractivity contribution is -0.298. The summed E-state index contributed by atoms with van der Waals surface area (Å²) in [5.41, 5.74) is 3.71. The van der Waals surface area contributed by atoms with E-state index in [-0.39, 0.29) is 36.6 Å². The predicted molar refractivity (Wildman–Crippen MR) is 225 cm³/mol. The third-order valence-corrected chi connectivity index (χ3v) is 18.8. The van der Waals surface area contributed by atoms with Crippen molar-refractivity contribution in [3.63, 3.8) is 0 Å². The van der Waals surface area contributed by atoms with Crippen LogP contribution in [0.25, 0.3) is 0 Å². The first-order valence-electron chi connectivity index (χ1n) is 21.3. The Balaban J connectivity index is 2.22. The maximum absolute atomic E-state index is 14.8. The molecule has 0 aromatic heterocycles. The zero-order chi connectivity index (χ0) is 44.1. The number of fused-ring (bicyclic) bond motifs is 1. The second-order valence-electron chi connectivity index (χ2n) is 17.8. The number of esters is 2. The molecule has 17 heteroatoms. The molecule has 0 aromatic rings. The SMILES string of the molecule is CC[C@@H]1OC(=O)[C@H](C)[C@H](O)[C@H](C)[C@@H](OC2O[C@H](C)C[C@H](N(C)C)[C@H]2O[Si](CC)(CC)CC)[C@](C)(OC)C[C@@H](C)C(=O)[C@H](C)[C@H]2[C@H](/C(N)=N/OC(C)PO)C(=O)O[C@]21C. The molecular weight excluding hydrogens is 786 g/mol. The summed E-state index contributed by atoms with van der Waals surface area (Å²) >= 11 is 0. The number of nitrogens with zero attached hydrogens (tertiary/aromatic N) is 2. The molecule has 15 nitrogen and oxygen atoms in total. The predicted octanol–water partition coefficient (Wildman–Crippen LogP) is 5.20. The van der Waals surface area contributed by atoms with Gasteiger partial charge in [-0.1, -0.05) is 53.6 Å². The van der Waals surface area contributed by atoms with E-state index in [0.29, 0.717) is 0 Å². The normalized spacial score (nSPS) is 40.6. The maximum atomic E-state index is 14.8. The van der Waals surface area contributed by atoms with Crippen molar-refractivity contribution in [3.8, 4) is 0 Å². The number of hydrogen-bond donors (Lipinski definition) is 3. The van der Waals surface area contributed by atoms with E-state index in [4.69, 9.17) is 38.7 Å². The third-order valence-electron chi connectivity index (χ3n) is 13.7. The molecule has 336 valence electrons. The van der Waals surface area contributed by atoms with Gasteiger partial charge in [-0.25, -0.2) is 0 Å². The van der Waals surface area contributed by atoms with E-state index >= 15 is 0 Å². The molecular formula is C41H76N3O12PSi. The molecule has 3 aliphatic rings. The number of aliphatic hydroxyl groups is 1. The molecule has 3 fully saturated rings. The number of oxime groups is 1. The molecule has 0 saturated carbocycles. The smallest absolute Gasteiger partial charge is 0.317 e. The van der Waals surface area contributed by atoms with Crippen LogP contribution in [0.4, 0.5) is 0 Å². The van der Waals surface area contributed by atoms with Crippen LogP contribution in [0.3, 0.4) is 0 Å². The largest absolute Gasteiger partial charge is 0.458 e. The van der Waals surface area contributed by atoms with Crippen LogP contribution in [-0.2, 0) is 47.3 Å². The van der Waals surface area contributed by atoms with Crippen LogP contribution in [0.2, 0.25) is 18.1 Å². The Bertz CT molecular complexity index is 1420. The molecule has 0 aromatic carbocycles. The van der Waals surface area contributed by atoms with E-state index in [1.54, 1.807) is 41.7 Å². The van der Waals surface area contributed by atoms with Crippen LogP contribution in [0.5, 0.6) is 0 Å². The summed E-state index contributed by atoms with van der Waals surface area (Å²) in [4.78, 5) is 59.8. The number of carbonyl (C=O) groups is 3. The van der Waals surface area contributed by atoms with Crippen molar-refractivity contribution >= 4 is 40.7 Å². The maximum Gasteiger partial charge on any atom is 0.317 e. The number of aliphatic hydroxyl groups excluding tert-OH is 1. The van der Waals surface area contributed by atoms with Gasteiger partial charge in [0.25, 0.3) is 0 Å². The monoisotopic (exact) mass is 861 g/mol. The van der Waals surface area contributed by atoms with Crippen molar-refractivity contribution in [2.45, 2.75) is 180 Å². The molecule has 0 spiro atoms. The van der Waals surface area contributed by atoms with E-state index < -0.39 is 112 Å². The Kier molecular flexibility index (Phi) is 18.2. The topological polar surface area (TPSA) is 198 Å². The highest BCUT2D eigenvalue weighted by atomic mass is 31.1. The number of carbonyl (C=O) groups excluding carboxylic acids is 3. The zero-order valence-electron chi connectivity index (χ0n) is 37.8. The zero-order valence-corrected chi connectivity index (χ0v) is 39.8. The van der Waals surface area contributed by atoms with Crippen LogP contribution in [0.1, 0.15) is 102 Å². The van der Waals surface area contributed by atoms with Crippen molar-refractivity contribution < 1.29 is 57.3 Å². The van der Waals surface area contributed by atoms with Gasteiger partial charge in [-0.3, -0.25) is 14.4 Å². The number of Topliss-reactive ketones (excluding diaryl/α,β-unsaturated/α-hetero) is 1. The summed E-state index contributed by atoms with van der Waals surface area (Å²) < 4.78 is 39.6. The molecule has 17 atom stereocenters. The molecule has 4 N–H and O–H groups in total.